The van der Waals surface area contributed by atoms with Gasteiger partial charge in [0.15, 0.2) is 5.76 Å². The van der Waals surface area contributed by atoms with Gasteiger partial charge in [0.25, 0.3) is 0 Å². The van der Waals surface area contributed by atoms with Crippen molar-refractivity contribution in [1.29, 1.82) is 0 Å². The second-order valence-corrected chi connectivity index (χ2v) is 8.65. The molecule has 3 rings (SSSR count). The zero-order valence-corrected chi connectivity index (χ0v) is 17.1. The Hall–Kier alpha value is -2.88. The molecule has 4 nitrogen and oxygen atoms in total. The van der Waals surface area contributed by atoms with Crippen molar-refractivity contribution in [2.75, 3.05) is 0 Å². The molecule has 0 aliphatic heterocycles. The van der Waals surface area contributed by atoms with Gasteiger partial charge in [0.1, 0.15) is 5.57 Å². The summed E-state index contributed by atoms with van der Waals surface area (Å²) in [4.78, 5) is 23.8. The summed E-state index contributed by atoms with van der Waals surface area (Å²) in [7, 11) is 0. The lowest BCUT2D eigenvalue weighted by Gasteiger charge is -2.33. The number of carbonyl (C=O) groups is 2. The van der Waals surface area contributed by atoms with E-state index in [2.05, 4.69) is 38.6 Å². The van der Waals surface area contributed by atoms with Gasteiger partial charge in [-0.25, -0.2) is 4.79 Å². The summed E-state index contributed by atoms with van der Waals surface area (Å²) in [5, 5.41) is 9.82. The van der Waals surface area contributed by atoms with Crippen LogP contribution in [0.15, 0.2) is 53.8 Å². The van der Waals surface area contributed by atoms with Crippen molar-refractivity contribution >= 4 is 23.6 Å². The van der Waals surface area contributed by atoms with E-state index < -0.39 is 17.4 Å². The Labute approximate surface area is 165 Å². The molecule has 0 radical (unpaired) electrons. The SMILES string of the molecule is C=C1C(C(=O)O)=C(OC(C)=O)C(c2ccc3c(c2)C(C)(C)CC=C3)=CC1(C)C. The average Bonchev–Trinajstić information content (AvgIpc) is 2.57. The third-order valence-electron chi connectivity index (χ3n) is 5.54. The molecule has 0 fully saturated rings. The molecule has 2 aliphatic carbocycles. The average molecular weight is 378 g/mol. The van der Waals surface area contributed by atoms with E-state index in [4.69, 9.17) is 4.74 Å². The smallest absolute Gasteiger partial charge is 0.339 e. The van der Waals surface area contributed by atoms with Crippen molar-refractivity contribution < 1.29 is 19.4 Å². The minimum absolute atomic E-state index is 0.0324. The summed E-state index contributed by atoms with van der Waals surface area (Å²) in [5.41, 5.74) is 3.53. The highest BCUT2D eigenvalue weighted by atomic mass is 16.5. The molecule has 0 aromatic heterocycles. The molecule has 0 heterocycles. The molecule has 28 heavy (non-hydrogen) atoms. The summed E-state index contributed by atoms with van der Waals surface area (Å²) in [6.07, 6.45) is 7.14. The van der Waals surface area contributed by atoms with Crippen LogP contribution in [0.3, 0.4) is 0 Å². The molecule has 2 aliphatic rings. The van der Waals surface area contributed by atoms with E-state index in [0.717, 1.165) is 17.5 Å². The molecule has 0 spiro atoms. The molecule has 1 aromatic rings. The van der Waals surface area contributed by atoms with Crippen molar-refractivity contribution in [3.05, 3.63) is 70.5 Å². The van der Waals surface area contributed by atoms with E-state index in [1.165, 1.54) is 12.5 Å². The molecule has 0 bridgehead atoms. The van der Waals surface area contributed by atoms with E-state index in [-0.39, 0.29) is 16.7 Å². The third kappa shape index (κ3) is 3.35. The number of fused-ring (bicyclic) bond motifs is 1. The van der Waals surface area contributed by atoms with Crippen molar-refractivity contribution in [2.45, 2.75) is 46.5 Å². The molecule has 0 saturated heterocycles. The number of carboxylic acid groups (broad SMARTS) is 1. The molecule has 1 aromatic carbocycles. The highest BCUT2D eigenvalue weighted by Gasteiger charge is 2.37. The predicted octanol–water partition coefficient (Wildman–Crippen LogP) is 5.26. The van der Waals surface area contributed by atoms with Crippen LogP contribution < -0.4 is 0 Å². The lowest BCUT2D eigenvalue weighted by atomic mass is 9.72. The summed E-state index contributed by atoms with van der Waals surface area (Å²) in [6.45, 7) is 13.4. The van der Waals surface area contributed by atoms with Crippen LogP contribution in [0.4, 0.5) is 0 Å². The molecule has 4 heteroatoms. The van der Waals surface area contributed by atoms with Crippen LogP contribution >= 0.6 is 0 Å². The first-order valence-electron chi connectivity index (χ1n) is 9.34. The standard InChI is InChI=1S/C24H26O4/c1-14-20(22(26)27)21(28-15(2)25)18(13-24(14,5)6)17-10-9-16-8-7-11-23(3,4)19(16)12-17/h7-10,12-13H,1,11H2,2-6H3,(H,26,27). The van der Waals surface area contributed by atoms with Crippen LogP contribution in [0.2, 0.25) is 0 Å². The number of benzene rings is 1. The van der Waals surface area contributed by atoms with Gasteiger partial charge in [0, 0.05) is 17.9 Å². The molecular formula is C24H26O4. The number of hydrogen-bond acceptors (Lipinski definition) is 3. The maximum Gasteiger partial charge on any atom is 0.339 e. The van der Waals surface area contributed by atoms with E-state index >= 15 is 0 Å². The fraction of sp³-hybridized carbons (Fsp3) is 0.333. The van der Waals surface area contributed by atoms with Crippen LogP contribution in [0.25, 0.3) is 11.6 Å². The Bertz CT molecular complexity index is 984. The number of rotatable bonds is 3. The number of aliphatic carboxylic acids is 1. The molecule has 146 valence electrons. The lowest BCUT2D eigenvalue weighted by Crippen LogP contribution is -2.25. The molecule has 0 unspecified atom stereocenters. The maximum atomic E-state index is 12.0. The minimum atomic E-state index is -1.15. The first-order valence-corrected chi connectivity index (χ1v) is 9.34. The second kappa shape index (κ2) is 6.62. The molecule has 1 N–H and O–H groups in total. The Kier molecular flexibility index (Phi) is 4.70. The predicted molar refractivity (Wildman–Crippen MR) is 110 cm³/mol. The van der Waals surface area contributed by atoms with E-state index in [0.29, 0.717) is 11.1 Å². The van der Waals surface area contributed by atoms with Crippen molar-refractivity contribution in [2.24, 2.45) is 5.41 Å². The topological polar surface area (TPSA) is 63.6 Å². The quantitative estimate of drug-likeness (QED) is 0.729. The summed E-state index contributed by atoms with van der Waals surface area (Å²) < 4.78 is 5.41. The van der Waals surface area contributed by atoms with Crippen LogP contribution in [0.1, 0.15) is 57.7 Å². The third-order valence-corrected chi connectivity index (χ3v) is 5.54. The minimum Gasteiger partial charge on any atom is -0.478 e. The number of hydrogen-bond donors (Lipinski definition) is 1. The van der Waals surface area contributed by atoms with Crippen LogP contribution in [-0.4, -0.2) is 17.0 Å². The van der Waals surface area contributed by atoms with Gasteiger partial charge in [-0.2, -0.15) is 0 Å². The van der Waals surface area contributed by atoms with Gasteiger partial charge >= 0.3 is 11.9 Å². The van der Waals surface area contributed by atoms with Gasteiger partial charge in [-0.1, -0.05) is 64.6 Å². The van der Waals surface area contributed by atoms with Gasteiger partial charge in [0.05, 0.1) is 0 Å². The fourth-order valence-electron chi connectivity index (χ4n) is 3.84. The number of esters is 1. The monoisotopic (exact) mass is 378 g/mol. The molecular weight excluding hydrogens is 352 g/mol. The van der Waals surface area contributed by atoms with Gasteiger partial charge in [-0.05, 0) is 40.2 Å². The molecule has 0 amide bonds. The van der Waals surface area contributed by atoms with Crippen molar-refractivity contribution in [3.63, 3.8) is 0 Å². The first kappa shape index (κ1) is 19.9. The Morgan fingerprint density at radius 3 is 2.46 bits per heavy atom. The van der Waals surface area contributed by atoms with Gasteiger partial charge < -0.3 is 9.84 Å². The Morgan fingerprint density at radius 1 is 1.18 bits per heavy atom. The van der Waals surface area contributed by atoms with Gasteiger partial charge in [-0.3, -0.25) is 4.79 Å². The van der Waals surface area contributed by atoms with Crippen LogP contribution in [0.5, 0.6) is 0 Å². The second-order valence-electron chi connectivity index (χ2n) is 8.65. The van der Waals surface area contributed by atoms with E-state index in [9.17, 15) is 14.7 Å². The largest absolute Gasteiger partial charge is 0.478 e. The summed E-state index contributed by atoms with van der Waals surface area (Å²) in [6, 6.07) is 6.06. The highest BCUT2D eigenvalue weighted by molar-refractivity contribution is 6.00. The number of allylic oxidation sites excluding steroid dienone is 3. The van der Waals surface area contributed by atoms with Gasteiger partial charge in [-0.15, -0.1) is 0 Å². The maximum absolute atomic E-state index is 12.0. The fourth-order valence-corrected chi connectivity index (χ4v) is 3.84. The normalized spacial score (nSPS) is 19.8. The summed E-state index contributed by atoms with van der Waals surface area (Å²) in [5.74, 6) is -1.65. The lowest BCUT2D eigenvalue weighted by molar-refractivity contribution is -0.136. The first-order chi connectivity index (χ1) is 12.9. The van der Waals surface area contributed by atoms with Crippen LogP contribution in [0, 0.1) is 5.41 Å². The Balaban J connectivity index is 2.26. The highest BCUT2D eigenvalue weighted by Crippen LogP contribution is 2.46. The number of ether oxygens (including phenoxy) is 1. The molecule has 0 saturated carbocycles. The van der Waals surface area contributed by atoms with Crippen molar-refractivity contribution in [3.8, 4) is 0 Å². The van der Waals surface area contributed by atoms with Crippen molar-refractivity contribution in [1.82, 2.24) is 0 Å². The zero-order chi connectivity index (χ0) is 20.9. The zero-order valence-electron chi connectivity index (χ0n) is 17.1. The van der Waals surface area contributed by atoms with Crippen LogP contribution in [-0.2, 0) is 19.7 Å². The Morgan fingerprint density at radius 2 is 1.86 bits per heavy atom. The van der Waals surface area contributed by atoms with Gasteiger partial charge in [0.2, 0.25) is 0 Å². The number of carboxylic acids is 1. The summed E-state index contributed by atoms with van der Waals surface area (Å²) >= 11 is 0. The number of carbonyl (C=O) groups excluding carboxylic acids is 1. The molecule has 0 atom stereocenters. The van der Waals surface area contributed by atoms with E-state index in [1.54, 1.807) is 0 Å². The van der Waals surface area contributed by atoms with E-state index in [1.807, 2.05) is 32.1 Å².